The maximum Gasteiger partial charge on any atom is 0.306 e. The number of carboxylic acids is 1. The Morgan fingerprint density at radius 3 is 2.33 bits per heavy atom. The summed E-state index contributed by atoms with van der Waals surface area (Å²) in [5.41, 5.74) is 2.38. The van der Waals surface area contributed by atoms with Crippen molar-refractivity contribution in [1.29, 1.82) is 0 Å². The zero-order valence-corrected chi connectivity index (χ0v) is 29.6. The number of benzene rings is 2. The van der Waals surface area contributed by atoms with E-state index < -0.39 is 5.97 Å². The number of likely N-dealkylation sites (tertiary alicyclic amines) is 2. The molecule has 6 rings (SSSR count). The Balaban J connectivity index is 1.14. The lowest BCUT2D eigenvalue weighted by Gasteiger charge is -2.30. The number of aromatic nitrogens is 1. The minimum Gasteiger partial charge on any atom is -0.481 e. The number of ether oxygens (including phenoxy) is 3. The average molecular weight is 716 g/mol. The summed E-state index contributed by atoms with van der Waals surface area (Å²) in [4.78, 5) is 42.9. The van der Waals surface area contributed by atoms with Gasteiger partial charge in [0.2, 0.25) is 5.91 Å². The zero-order chi connectivity index (χ0) is 34.8. The molecule has 3 aliphatic rings. The molecule has 1 aromatic heterocycles. The smallest absolute Gasteiger partial charge is 0.306 e. The van der Waals surface area contributed by atoms with Crippen LogP contribution in [0.25, 0.3) is 10.9 Å². The lowest BCUT2D eigenvalue weighted by Crippen LogP contribution is -2.41. The van der Waals surface area contributed by atoms with E-state index in [1.54, 1.807) is 32.5 Å². The molecular weight excluding hydrogens is 671 g/mol. The summed E-state index contributed by atoms with van der Waals surface area (Å²) in [6.07, 6.45) is 4.99. The van der Waals surface area contributed by atoms with Crippen molar-refractivity contribution in [3.05, 3.63) is 63.8 Å². The second-order valence-electron chi connectivity index (χ2n) is 13.5. The molecule has 2 saturated heterocycles. The van der Waals surface area contributed by atoms with E-state index in [1.807, 2.05) is 40.8 Å². The van der Waals surface area contributed by atoms with Crippen molar-refractivity contribution in [2.24, 2.45) is 13.0 Å². The quantitative estimate of drug-likeness (QED) is 0.276. The van der Waals surface area contributed by atoms with E-state index in [2.05, 4.69) is 10.2 Å². The Morgan fingerprint density at radius 1 is 0.959 bits per heavy atom. The third-order valence-corrected chi connectivity index (χ3v) is 11.2. The molecule has 3 fully saturated rings. The summed E-state index contributed by atoms with van der Waals surface area (Å²) in [7, 11) is 5.27. The lowest BCUT2D eigenvalue weighted by atomic mass is 9.87. The molecule has 264 valence electrons. The van der Waals surface area contributed by atoms with Gasteiger partial charge in [0.25, 0.3) is 5.91 Å². The van der Waals surface area contributed by atoms with Gasteiger partial charge in [-0.3, -0.25) is 19.3 Å². The molecule has 2 aromatic carbocycles. The second-order valence-corrected chi connectivity index (χ2v) is 14.3. The molecule has 0 bridgehead atoms. The number of rotatable bonds is 11. The molecule has 0 spiro atoms. The van der Waals surface area contributed by atoms with Gasteiger partial charge >= 0.3 is 5.97 Å². The fourth-order valence-corrected chi connectivity index (χ4v) is 8.13. The van der Waals surface area contributed by atoms with Gasteiger partial charge in [0, 0.05) is 69.1 Å². The van der Waals surface area contributed by atoms with Gasteiger partial charge < -0.3 is 34.1 Å². The molecule has 1 aliphatic carbocycles. The second kappa shape index (κ2) is 15.4. The van der Waals surface area contributed by atoms with Gasteiger partial charge in [-0.2, -0.15) is 0 Å². The van der Waals surface area contributed by atoms with E-state index >= 15 is 0 Å². The Kier molecular flexibility index (Phi) is 11.2. The van der Waals surface area contributed by atoms with Crippen LogP contribution in [0.4, 0.5) is 5.69 Å². The van der Waals surface area contributed by atoms with E-state index in [-0.39, 0.29) is 59.6 Å². The Hall–Kier alpha value is -3.19. The van der Waals surface area contributed by atoms with Crippen LogP contribution < -0.4 is 5.32 Å². The van der Waals surface area contributed by atoms with Crippen molar-refractivity contribution in [3.8, 4) is 0 Å². The number of aryl methyl sites for hydroxylation is 1. The highest BCUT2D eigenvalue weighted by atomic mass is 35.5. The number of anilines is 1. The van der Waals surface area contributed by atoms with Crippen molar-refractivity contribution >= 4 is 57.6 Å². The number of para-hydroxylation sites is 1. The summed E-state index contributed by atoms with van der Waals surface area (Å²) in [6, 6.07) is 10.8. The van der Waals surface area contributed by atoms with Crippen molar-refractivity contribution in [2.75, 3.05) is 45.8 Å². The van der Waals surface area contributed by atoms with Crippen LogP contribution in [0.2, 0.25) is 10.0 Å². The van der Waals surface area contributed by atoms with Crippen LogP contribution in [0.5, 0.6) is 0 Å². The predicted molar refractivity (Wildman–Crippen MR) is 187 cm³/mol. The third-order valence-electron chi connectivity index (χ3n) is 10.5. The molecule has 49 heavy (non-hydrogen) atoms. The number of carbonyl (C=O) groups excluding carboxylic acids is 2. The van der Waals surface area contributed by atoms with E-state index in [4.69, 9.17) is 37.4 Å². The Morgan fingerprint density at radius 2 is 1.65 bits per heavy atom. The summed E-state index contributed by atoms with van der Waals surface area (Å²) in [5, 5.41) is 13.7. The monoisotopic (exact) mass is 714 g/mol. The number of aliphatic carboxylic acids is 1. The molecular formula is C36H44Cl2N4O7. The molecule has 11 nitrogen and oxygen atoms in total. The minimum atomic E-state index is -0.748. The van der Waals surface area contributed by atoms with Gasteiger partial charge in [0.15, 0.2) is 0 Å². The van der Waals surface area contributed by atoms with Gasteiger partial charge in [-0.25, -0.2) is 0 Å². The van der Waals surface area contributed by atoms with Crippen LogP contribution in [0.1, 0.15) is 48.0 Å². The number of halogens is 2. The van der Waals surface area contributed by atoms with E-state index in [0.717, 1.165) is 17.3 Å². The molecule has 13 heteroatoms. The summed E-state index contributed by atoms with van der Waals surface area (Å²) >= 11 is 13.4. The number of carbonyl (C=O) groups is 3. The van der Waals surface area contributed by atoms with Gasteiger partial charge in [-0.1, -0.05) is 41.4 Å². The highest BCUT2D eigenvalue weighted by Gasteiger charge is 2.43. The van der Waals surface area contributed by atoms with Crippen molar-refractivity contribution in [2.45, 2.75) is 68.9 Å². The van der Waals surface area contributed by atoms with Crippen LogP contribution in [-0.2, 0) is 37.3 Å². The number of nitrogens with one attached hydrogen (secondary N) is 1. The molecule has 1 saturated carbocycles. The maximum atomic E-state index is 14.0. The normalized spacial score (nSPS) is 26.0. The average Bonchev–Trinajstić information content (AvgIpc) is 3.81. The number of hydrogen-bond acceptors (Lipinski definition) is 7. The molecule has 2 N–H and O–H groups in total. The number of nitrogens with zero attached hydrogens (tertiary/aromatic N) is 3. The third kappa shape index (κ3) is 7.77. The standard InChI is InChI=1S/C36H44Cl2N4O7/c1-40-17-27(26-6-4-5-7-31(26)40)35(44)39-30-15-28(37)22(12-29(30)38)13-34(43)42-16-23(41-18-32(47-2)33(19-41)48-3)14-24(42)20-49-25-10-8-21(9-11-25)36(45)46/h4-7,12,15,17,21,23-25,32-33H,8-11,13-14,16,18-20H2,1-3H3,(H,39,44)(H,45,46)/t21-,23-,24-,25-,32+,33+/m0/s1. The van der Waals surface area contributed by atoms with Crippen molar-refractivity contribution in [3.63, 3.8) is 0 Å². The first-order valence-corrected chi connectivity index (χ1v) is 17.6. The fraction of sp³-hybridized carbons (Fsp3) is 0.528. The first-order chi connectivity index (χ1) is 23.6. The molecule has 0 radical (unpaired) electrons. The number of methoxy groups -OCH3 is 2. The fourth-order valence-electron chi connectivity index (χ4n) is 7.66. The highest BCUT2D eigenvalue weighted by molar-refractivity contribution is 6.36. The van der Waals surface area contributed by atoms with Crippen molar-refractivity contribution in [1.82, 2.24) is 14.4 Å². The van der Waals surface area contributed by atoms with Gasteiger partial charge in [0.05, 0.1) is 59.6 Å². The molecule has 3 heterocycles. The summed E-state index contributed by atoms with van der Waals surface area (Å²) in [6.45, 7) is 2.31. The first kappa shape index (κ1) is 35.6. The number of amides is 2. The Bertz CT molecular complexity index is 1680. The van der Waals surface area contributed by atoms with Crippen LogP contribution >= 0.6 is 23.2 Å². The molecule has 2 amide bonds. The zero-order valence-electron chi connectivity index (χ0n) is 28.1. The Labute approximate surface area is 296 Å². The molecule has 0 unspecified atom stereocenters. The van der Waals surface area contributed by atoms with Crippen molar-refractivity contribution < 1.29 is 33.7 Å². The minimum absolute atomic E-state index is 0.0287. The predicted octanol–water partition coefficient (Wildman–Crippen LogP) is 5.26. The summed E-state index contributed by atoms with van der Waals surface area (Å²) in [5.74, 6) is -1.47. The topological polar surface area (TPSA) is 123 Å². The van der Waals surface area contributed by atoms with Gasteiger partial charge in [-0.05, 0) is 55.9 Å². The lowest BCUT2D eigenvalue weighted by molar-refractivity contribution is -0.144. The number of fused-ring (bicyclic) bond motifs is 1. The first-order valence-electron chi connectivity index (χ1n) is 16.8. The molecule has 3 aromatic rings. The SMILES string of the molecule is CO[C@@H]1CN([C@H]2C[C@@H](CO[C@H]3CC[C@H](C(=O)O)CC3)N(C(=O)Cc3cc(Cl)c(NC(=O)c4cn(C)c5ccccc45)cc3Cl)C2)C[C@H]1OC. The summed E-state index contributed by atoms with van der Waals surface area (Å²) < 4.78 is 19.6. The van der Waals surface area contributed by atoms with Crippen LogP contribution in [0.15, 0.2) is 42.6 Å². The number of carboxylic acid groups (broad SMARTS) is 1. The van der Waals surface area contributed by atoms with Crippen LogP contribution in [0.3, 0.4) is 0 Å². The van der Waals surface area contributed by atoms with E-state index in [9.17, 15) is 19.5 Å². The molecule has 4 atom stereocenters. The number of hydrogen-bond donors (Lipinski definition) is 2. The van der Waals surface area contributed by atoms with Crippen LogP contribution in [-0.4, -0.2) is 108 Å². The van der Waals surface area contributed by atoms with E-state index in [1.165, 1.54) is 0 Å². The molecule has 2 aliphatic heterocycles. The van der Waals surface area contributed by atoms with Gasteiger partial charge in [0.1, 0.15) is 0 Å². The maximum absolute atomic E-state index is 14.0. The van der Waals surface area contributed by atoms with Gasteiger partial charge in [-0.15, -0.1) is 0 Å². The highest BCUT2D eigenvalue weighted by Crippen LogP contribution is 2.34. The van der Waals surface area contributed by atoms with E-state index in [0.29, 0.717) is 73.8 Å². The van der Waals surface area contributed by atoms with Crippen LogP contribution in [0, 0.1) is 5.92 Å². The largest absolute Gasteiger partial charge is 0.481 e.